The number of hydrogen-bond donors (Lipinski definition) is 1. The third-order valence-electron chi connectivity index (χ3n) is 4.10. The zero-order valence-electron chi connectivity index (χ0n) is 11.8. The summed E-state index contributed by atoms with van der Waals surface area (Å²) in [4.78, 5) is 1.23. The molecular weight excluding hydrogens is 270 g/mol. The van der Waals surface area contributed by atoms with E-state index in [9.17, 15) is 0 Å². The molecule has 3 atom stereocenters. The van der Waals surface area contributed by atoms with Gasteiger partial charge in [-0.05, 0) is 44.2 Å². The Balaban J connectivity index is 1.45. The van der Waals surface area contributed by atoms with Gasteiger partial charge in [-0.2, -0.15) is 0 Å². The Morgan fingerprint density at radius 3 is 3.10 bits per heavy atom. The van der Waals surface area contributed by atoms with E-state index in [-0.39, 0.29) is 12.1 Å². The molecular formula is C16H23NO2S. The smallest absolute Gasteiger partial charge is 0.133 e. The molecule has 1 aromatic carbocycles. The molecule has 3 rings (SSSR count). The van der Waals surface area contributed by atoms with Gasteiger partial charge in [0, 0.05) is 23.3 Å². The number of para-hydroxylation sites is 1. The molecule has 2 heterocycles. The van der Waals surface area contributed by atoms with Crippen molar-refractivity contribution in [3.8, 4) is 5.75 Å². The Hall–Kier alpha value is -0.710. The van der Waals surface area contributed by atoms with Gasteiger partial charge in [-0.15, -0.1) is 11.8 Å². The molecule has 3 nitrogen and oxygen atoms in total. The minimum absolute atomic E-state index is 0.122. The standard InChI is InChI=1S/C16H23NO2S/c17-13(7-3-5-12-6-4-10-18-12)15-11-20-16-9-2-1-8-14(16)19-15/h1-2,8-9,12-13,15H,3-7,10-11,17H2. The van der Waals surface area contributed by atoms with E-state index in [1.54, 1.807) is 0 Å². The zero-order valence-corrected chi connectivity index (χ0v) is 12.6. The van der Waals surface area contributed by atoms with Crippen LogP contribution in [0.3, 0.4) is 0 Å². The summed E-state index contributed by atoms with van der Waals surface area (Å²) >= 11 is 1.85. The van der Waals surface area contributed by atoms with E-state index in [1.165, 1.54) is 17.7 Å². The Labute approximate surface area is 125 Å². The number of fused-ring (bicyclic) bond motifs is 1. The van der Waals surface area contributed by atoms with Crippen LogP contribution >= 0.6 is 11.8 Å². The van der Waals surface area contributed by atoms with Crippen molar-refractivity contribution in [2.75, 3.05) is 12.4 Å². The molecule has 2 N–H and O–H groups in total. The largest absolute Gasteiger partial charge is 0.487 e. The topological polar surface area (TPSA) is 44.5 Å². The van der Waals surface area contributed by atoms with Crippen molar-refractivity contribution in [1.29, 1.82) is 0 Å². The second kappa shape index (κ2) is 6.83. The van der Waals surface area contributed by atoms with Crippen LogP contribution in [0.1, 0.15) is 32.1 Å². The Morgan fingerprint density at radius 1 is 1.35 bits per heavy atom. The van der Waals surface area contributed by atoms with Crippen LogP contribution in [-0.2, 0) is 4.74 Å². The fourth-order valence-corrected chi connectivity index (χ4v) is 3.98. The maximum atomic E-state index is 6.31. The number of hydrogen-bond acceptors (Lipinski definition) is 4. The molecule has 1 fully saturated rings. The van der Waals surface area contributed by atoms with Gasteiger partial charge in [-0.3, -0.25) is 0 Å². The van der Waals surface area contributed by atoms with Gasteiger partial charge in [0.15, 0.2) is 0 Å². The fraction of sp³-hybridized carbons (Fsp3) is 0.625. The minimum Gasteiger partial charge on any atom is -0.487 e. The van der Waals surface area contributed by atoms with Crippen LogP contribution in [0.5, 0.6) is 5.75 Å². The molecule has 20 heavy (non-hydrogen) atoms. The van der Waals surface area contributed by atoms with Gasteiger partial charge < -0.3 is 15.2 Å². The summed E-state index contributed by atoms with van der Waals surface area (Å²) in [5.41, 5.74) is 6.31. The average molecular weight is 293 g/mol. The first-order chi connectivity index (χ1) is 9.83. The Bertz CT molecular complexity index is 434. The minimum atomic E-state index is 0.122. The maximum absolute atomic E-state index is 6.31. The van der Waals surface area contributed by atoms with E-state index in [0.29, 0.717) is 6.10 Å². The van der Waals surface area contributed by atoms with Gasteiger partial charge in [0.2, 0.25) is 0 Å². The summed E-state index contributed by atoms with van der Waals surface area (Å²) in [6, 6.07) is 8.34. The van der Waals surface area contributed by atoms with Crippen molar-refractivity contribution in [1.82, 2.24) is 0 Å². The molecule has 0 radical (unpaired) electrons. The van der Waals surface area contributed by atoms with Crippen molar-refractivity contribution < 1.29 is 9.47 Å². The van der Waals surface area contributed by atoms with Crippen molar-refractivity contribution in [2.24, 2.45) is 5.73 Å². The first kappa shape index (κ1) is 14.2. The predicted molar refractivity (Wildman–Crippen MR) is 82.4 cm³/mol. The highest BCUT2D eigenvalue weighted by molar-refractivity contribution is 7.99. The normalized spacial score (nSPS) is 26.9. The van der Waals surface area contributed by atoms with E-state index in [4.69, 9.17) is 15.2 Å². The number of benzene rings is 1. The highest BCUT2D eigenvalue weighted by atomic mass is 32.2. The van der Waals surface area contributed by atoms with Gasteiger partial charge in [0.1, 0.15) is 11.9 Å². The van der Waals surface area contributed by atoms with Crippen molar-refractivity contribution >= 4 is 11.8 Å². The van der Waals surface area contributed by atoms with E-state index >= 15 is 0 Å². The molecule has 1 aromatic rings. The monoisotopic (exact) mass is 293 g/mol. The lowest BCUT2D eigenvalue weighted by Crippen LogP contribution is -2.42. The molecule has 1 saturated heterocycles. The summed E-state index contributed by atoms with van der Waals surface area (Å²) in [5.74, 6) is 1.95. The van der Waals surface area contributed by atoms with Crippen molar-refractivity contribution in [3.05, 3.63) is 24.3 Å². The van der Waals surface area contributed by atoms with Crippen LogP contribution < -0.4 is 10.5 Å². The van der Waals surface area contributed by atoms with E-state index in [0.717, 1.165) is 37.4 Å². The third kappa shape index (κ3) is 3.48. The molecule has 4 heteroatoms. The molecule has 0 spiro atoms. The van der Waals surface area contributed by atoms with Crippen molar-refractivity contribution in [3.63, 3.8) is 0 Å². The van der Waals surface area contributed by atoms with E-state index in [2.05, 4.69) is 12.1 Å². The second-order valence-electron chi connectivity index (χ2n) is 5.64. The lowest BCUT2D eigenvalue weighted by atomic mass is 10.0. The highest BCUT2D eigenvalue weighted by Gasteiger charge is 2.25. The molecule has 110 valence electrons. The van der Waals surface area contributed by atoms with Gasteiger partial charge in [-0.1, -0.05) is 12.1 Å². The summed E-state index contributed by atoms with van der Waals surface area (Å²) in [5, 5.41) is 0. The van der Waals surface area contributed by atoms with Crippen LogP contribution in [0.4, 0.5) is 0 Å². The van der Waals surface area contributed by atoms with Crippen LogP contribution in [0.25, 0.3) is 0 Å². The molecule has 2 aliphatic rings. The molecule has 0 saturated carbocycles. The number of nitrogens with two attached hydrogens (primary N) is 1. The van der Waals surface area contributed by atoms with Crippen LogP contribution in [0.2, 0.25) is 0 Å². The lowest BCUT2D eigenvalue weighted by molar-refractivity contribution is 0.0992. The maximum Gasteiger partial charge on any atom is 0.133 e. The Kier molecular flexibility index (Phi) is 4.86. The van der Waals surface area contributed by atoms with E-state index < -0.39 is 0 Å². The van der Waals surface area contributed by atoms with Gasteiger partial charge in [0.25, 0.3) is 0 Å². The quantitative estimate of drug-likeness (QED) is 0.905. The molecule has 0 aromatic heterocycles. The van der Waals surface area contributed by atoms with E-state index in [1.807, 2.05) is 23.9 Å². The summed E-state index contributed by atoms with van der Waals surface area (Å²) in [6.45, 7) is 0.940. The average Bonchev–Trinajstić information content (AvgIpc) is 3.00. The van der Waals surface area contributed by atoms with Crippen LogP contribution in [-0.4, -0.2) is 30.6 Å². The highest BCUT2D eigenvalue weighted by Crippen LogP contribution is 2.36. The SMILES string of the molecule is NC(CCCC1CCCO1)C1CSc2ccccc2O1. The fourth-order valence-electron chi connectivity index (χ4n) is 2.89. The summed E-state index contributed by atoms with van der Waals surface area (Å²) < 4.78 is 11.7. The Morgan fingerprint density at radius 2 is 2.25 bits per heavy atom. The van der Waals surface area contributed by atoms with Crippen LogP contribution in [0, 0.1) is 0 Å². The number of ether oxygens (including phenoxy) is 2. The number of thioether (sulfide) groups is 1. The first-order valence-electron chi connectivity index (χ1n) is 7.58. The molecule has 0 amide bonds. The predicted octanol–water partition coefficient (Wildman–Crippen LogP) is 3.22. The first-order valence-corrected chi connectivity index (χ1v) is 8.57. The van der Waals surface area contributed by atoms with Gasteiger partial charge in [0.05, 0.1) is 6.10 Å². The zero-order chi connectivity index (χ0) is 13.8. The second-order valence-corrected chi connectivity index (χ2v) is 6.71. The van der Waals surface area contributed by atoms with Crippen molar-refractivity contribution in [2.45, 2.75) is 55.2 Å². The molecule has 3 unspecified atom stereocenters. The molecule has 0 aliphatic carbocycles. The lowest BCUT2D eigenvalue weighted by Gasteiger charge is -2.30. The number of rotatable bonds is 5. The van der Waals surface area contributed by atoms with Gasteiger partial charge in [-0.25, -0.2) is 0 Å². The van der Waals surface area contributed by atoms with Crippen LogP contribution in [0.15, 0.2) is 29.2 Å². The summed E-state index contributed by atoms with van der Waals surface area (Å²) in [6.07, 6.45) is 6.35. The third-order valence-corrected chi connectivity index (χ3v) is 5.24. The summed E-state index contributed by atoms with van der Waals surface area (Å²) in [7, 11) is 0. The molecule has 2 aliphatic heterocycles. The molecule has 0 bridgehead atoms. The van der Waals surface area contributed by atoms with Gasteiger partial charge >= 0.3 is 0 Å².